The summed E-state index contributed by atoms with van der Waals surface area (Å²) in [6.07, 6.45) is 4.01. The number of rotatable bonds is 5. The van der Waals surface area contributed by atoms with Crippen LogP contribution in [0.1, 0.15) is 58.2 Å². The minimum atomic E-state index is -0.671. The van der Waals surface area contributed by atoms with Gasteiger partial charge < -0.3 is 9.84 Å². The van der Waals surface area contributed by atoms with E-state index in [0.29, 0.717) is 5.82 Å². The van der Waals surface area contributed by atoms with E-state index >= 15 is 0 Å². The number of aromatic amines is 1. The third-order valence-electron chi connectivity index (χ3n) is 4.90. The molecule has 27 heavy (non-hydrogen) atoms. The molecular formula is C18H26N4O5. The summed E-state index contributed by atoms with van der Waals surface area (Å²) in [6, 6.07) is 0. The van der Waals surface area contributed by atoms with Crippen LogP contribution in [0.3, 0.4) is 0 Å². The van der Waals surface area contributed by atoms with Gasteiger partial charge in [-0.3, -0.25) is 23.7 Å². The molecule has 1 saturated carbocycles. The van der Waals surface area contributed by atoms with Crippen LogP contribution in [0.15, 0.2) is 9.59 Å². The number of aromatic nitrogens is 4. The van der Waals surface area contributed by atoms with E-state index in [-0.39, 0.29) is 42.9 Å². The minimum Gasteiger partial charge on any atom is -0.443 e. The number of fused-ring (bicyclic) bond motifs is 1. The summed E-state index contributed by atoms with van der Waals surface area (Å²) >= 11 is 0. The first-order chi connectivity index (χ1) is 12.7. The highest BCUT2D eigenvalue weighted by atomic mass is 16.5. The van der Waals surface area contributed by atoms with Gasteiger partial charge in [0.2, 0.25) is 0 Å². The van der Waals surface area contributed by atoms with Crippen molar-refractivity contribution in [2.24, 2.45) is 5.41 Å². The Morgan fingerprint density at radius 2 is 1.93 bits per heavy atom. The predicted molar refractivity (Wildman–Crippen MR) is 98.5 cm³/mol. The van der Waals surface area contributed by atoms with Crippen molar-refractivity contribution in [3.8, 4) is 0 Å². The summed E-state index contributed by atoms with van der Waals surface area (Å²) in [5, 5.41) is 9.15. The Bertz CT molecular complexity index is 957. The standard InChI is InChI=1S/C18H26N4O5/c1-18(2,3)16(25)27-10-22-12-13(19-14(22)11-6-4-5-7-11)20-17(26)21(8-9-23)15(12)24/h11,23H,4-10H2,1-3H3,(H,20,26). The zero-order valence-electron chi connectivity index (χ0n) is 15.9. The van der Waals surface area contributed by atoms with Crippen LogP contribution in [0.2, 0.25) is 0 Å². The molecule has 0 bridgehead atoms. The van der Waals surface area contributed by atoms with Crippen LogP contribution < -0.4 is 11.2 Å². The molecule has 0 saturated heterocycles. The van der Waals surface area contributed by atoms with Crippen molar-refractivity contribution in [1.29, 1.82) is 0 Å². The van der Waals surface area contributed by atoms with E-state index in [0.717, 1.165) is 30.3 Å². The van der Waals surface area contributed by atoms with Crippen LogP contribution in [-0.2, 0) is 22.8 Å². The van der Waals surface area contributed by atoms with Gasteiger partial charge in [-0.25, -0.2) is 9.78 Å². The topological polar surface area (TPSA) is 119 Å². The third kappa shape index (κ3) is 3.69. The number of nitrogens with one attached hydrogen (secondary N) is 1. The van der Waals surface area contributed by atoms with Crippen LogP contribution in [0.5, 0.6) is 0 Å². The minimum absolute atomic E-state index is 0.115. The highest BCUT2D eigenvalue weighted by molar-refractivity contribution is 5.75. The number of ether oxygens (including phenoxy) is 1. The lowest BCUT2D eigenvalue weighted by molar-refractivity contribution is -0.156. The van der Waals surface area contributed by atoms with Crippen molar-refractivity contribution >= 4 is 17.1 Å². The molecule has 3 rings (SSSR count). The number of H-pyrrole nitrogens is 1. The Labute approximate surface area is 156 Å². The molecule has 0 radical (unpaired) electrons. The highest BCUT2D eigenvalue weighted by Gasteiger charge is 2.28. The molecule has 0 amide bonds. The molecule has 0 aliphatic heterocycles. The molecular weight excluding hydrogens is 352 g/mol. The maximum atomic E-state index is 12.9. The van der Waals surface area contributed by atoms with E-state index in [4.69, 9.17) is 9.84 Å². The number of esters is 1. The second-order valence-corrected chi connectivity index (χ2v) is 8.00. The molecule has 148 valence electrons. The molecule has 2 aromatic rings. The van der Waals surface area contributed by atoms with Crippen molar-refractivity contribution < 1.29 is 14.6 Å². The van der Waals surface area contributed by atoms with Gasteiger partial charge >= 0.3 is 11.7 Å². The van der Waals surface area contributed by atoms with Crippen LogP contribution in [0, 0.1) is 5.41 Å². The van der Waals surface area contributed by atoms with E-state index in [2.05, 4.69) is 9.97 Å². The van der Waals surface area contributed by atoms with Crippen molar-refractivity contribution in [2.75, 3.05) is 6.61 Å². The molecule has 2 N–H and O–H groups in total. The van der Waals surface area contributed by atoms with Crippen LogP contribution >= 0.6 is 0 Å². The summed E-state index contributed by atoms with van der Waals surface area (Å²) < 4.78 is 7.97. The fourth-order valence-corrected chi connectivity index (χ4v) is 3.43. The maximum absolute atomic E-state index is 12.9. The number of imidazole rings is 1. The zero-order chi connectivity index (χ0) is 19.8. The lowest BCUT2D eigenvalue weighted by Gasteiger charge is -2.19. The fourth-order valence-electron chi connectivity index (χ4n) is 3.43. The Morgan fingerprint density at radius 1 is 1.26 bits per heavy atom. The van der Waals surface area contributed by atoms with Crippen molar-refractivity contribution in [1.82, 2.24) is 19.1 Å². The summed E-state index contributed by atoms with van der Waals surface area (Å²) in [5.41, 5.74) is -1.46. The molecule has 0 spiro atoms. The Balaban J connectivity index is 2.12. The Hall–Kier alpha value is -2.42. The summed E-state index contributed by atoms with van der Waals surface area (Å²) in [4.78, 5) is 44.3. The largest absolute Gasteiger partial charge is 0.443 e. The second-order valence-electron chi connectivity index (χ2n) is 8.00. The van der Waals surface area contributed by atoms with Crippen molar-refractivity contribution in [3.05, 3.63) is 26.7 Å². The lowest BCUT2D eigenvalue weighted by atomic mass is 9.98. The fraction of sp³-hybridized carbons (Fsp3) is 0.667. The van der Waals surface area contributed by atoms with E-state index in [1.807, 2.05) is 0 Å². The van der Waals surface area contributed by atoms with Gasteiger partial charge in [-0.15, -0.1) is 0 Å². The molecule has 9 nitrogen and oxygen atoms in total. The number of carbonyl (C=O) groups is 1. The number of carbonyl (C=O) groups excluding carboxylic acids is 1. The molecule has 0 unspecified atom stereocenters. The van der Waals surface area contributed by atoms with Gasteiger partial charge in [-0.1, -0.05) is 12.8 Å². The molecule has 1 fully saturated rings. The van der Waals surface area contributed by atoms with E-state index in [1.165, 1.54) is 0 Å². The average molecular weight is 378 g/mol. The average Bonchev–Trinajstić information content (AvgIpc) is 3.22. The van der Waals surface area contributed by atoms with Crippen molar-refractivity contribution in [2.45, 2.75) is 65.6 Å². The molecule has 1 aliphatic carbocycles. The van der Waals surface area contributed by atoms with Crippen LogP contribution in [0.25, 0.3) is 11.2 Å². The molecule has 2 heterocycles. The molecule has 2 aromatic heterocycles. The van der Waals surface area contributed by atoms with Gasteiger partial charge in [-0.05, 0) is 33.6 Å². The number of hydrogen-bond acceptors (Lipinski definition) is 6. The summed E-state index contributed by atoms with van der Waals surface area (Å²) in [6.45, 7) is 4.67. The molecule has 1 aliphatic rings. The van der Waals surface area contributed by atoms with E-state index in [1.54, 1.807) is 25.3 Å². The normalized spacial score (nSPS) is 15.6. The number of aliphatic hydroxyl groups excluding tert-OH is 1. The first-order valence-corrected chi connectivity index (χ1v) is 9.25. The van der Waals surface area contributed by atoms with Gasteiger partial charge in [-0.2, -0.15) is 0 Å². The van der Waals surface area contributed by atoms with Crippen molar-refractivity contribution in [3.63, 3.8) is 0 Å². The molecule has 9 heteroatoms. The number of nitrogens with zero attached hydrogens (tertiary/aromatic N) is 3. The zero-order valence-corrected chi connectivity index (χ0v) is 15.9. The monoisotopic (exact) mass is 378 g/mol. The summed E-state index contributed by atoms with van der Waals surface area (Å²) in [5.74, 6) is 0.417. The smallest absolute Gasteiger partial charge is 0.330 e. The van der Waals surface area contributed by atoms with Gasteiger partial charge in [0, 0.05) is 5.92 Å². The predicted octanol–water partition coefficient (Wildman–Crippen LogP) is 1.08. The lowest BCUT2D eigenvalue weighted by Crippen LogP contribution is -2.37. The summed E-state index contributed by atoms with van der Waals surface area (Å²) in [7, 11) is 0. The number of hydrogen-bond donors (Lipinski definition) is 2. The Kier molecular flexibility index (Phi) is 5.23. The molecule has 0 atom stereocenters. The Morgan fingerprint density at radius 3 is 2.52 bits per heavy atom. The SMILES string of the molecule is CC(C)(C)C(=O)OCn1c(C2CCCC2)nc2[nH]c(=O)n(CCO)c(=O)c21. The van der Waals surface area contributed by atoms with Crippen LogP contribution in [-0.4, -0.2) is 36.8 Å². The van der Waals surface area contributed by atoms with Gasteiger partial charge in [0.05, 0.1) is 18.6 Å². The number of aliphatic hydroxyl groups is 1. The third-order valence-corrected chi connectivity index (χ3v) is 4.90. The first-order valence-electron chi connectivity index (χ1n) is 9.25. The maximum Gasteiger partial charge on any atom is 0.330 e. The second kappa shape index (κ2) is 7.30. The van der Waals surface area contributed by atoms with E-state index < -0.39 is 16.7 Å². The highest BCUT2D eigenvalue weighted by Crippen LogP contribution is 2.34. The van der Waals surface area contributed by atoms with E-state index in [9.17, 15) is 14.4 Å². The first kappa shape index (κ1) is 19.3. The quantitative estimate of drug-likeness (QED) is 0.752. The van der Waals surface area contributed by atoms with Gasteiger partial charge in [0.15, 0.2) is 17.9 Å². The van der Waals surface area contributed by atoms with Gasteiger partial charge in [0.25, 0.3) is 5.56 Å². The van der Waals surface area contributed by atoms with Crippen LogP contribution in [0.4, 0.5) is 0 Å². The van der Waals surface area contributed by atoms with Gasteiger partial charge in [0.1, 0.15) is 5.82 Å². The molecule has 0 aromatic carbocycles.